The van der Waals surface area contributed by atoms with E-state index in [9.17, 15) is 9.59 Å². The second-order valence-corrected chi connectivity index (χ2v) is 6.84. The normalized spacial score (nSPS) is 19.9. The number of nitrogens with zero attached hydrogens (tertiary/aromatic N) is 4. The van der Waals surface area contributed by atoms with Crippen molar-refractivity contribution in [1.82, 2.24) is 4.90 Å². The van der Waals surface area contributed by atoms with Crippen molar-refractivity contribution in [3.05, 3.63) is 46.3 Å². The van der Waals surface area contributed by atoms with Gasteiger partial charge in [0.1, 0.15) is 18.2 Å². The number of benzene rings is 1. The fourth-order valence-corrected chi connectivity index (χ4v) is 2.54. The molecule has 1 aromatic carbocycles. The molecule has 1 aliphatic rings. The van der Waals surface area contributed by atoms with Crippen LogP contribution in [0, 0.1) is 0 Å². The second-order valence-electron chi connectivity index (χ2n) is 6.84. The van der Waals surface area contributed by atoms with Gasteiger partial charge in [0.15, 0.2) is 0 Å². The van der Waals surface area contributed by atoms with Gasteiger partial charge in [0.05, 0.1) is 6.04 Å². The minimum absolute atomic E-state index is 0.116. The molecule has 0 N–H and O–H groups in total. The van der Waals surface area contributed by atoms with Crippen LogP contribution < -0.4 is 0 Å². The predicted molar refractivity (Wildman–Crippen MR) is 90.5 cm³/mol. The third kappa shape index (κ3) is 5.39. The third-order valence-corrected chi connectivity index (χ3v) is 3.62. The van der Waals surface area contributed by atoms with Gasteiger partial charge in [0, 0.05) is 11.5 Å². The van der Waals surface area contributed by atoms with Gasteiger partial charge in [-0.2, -0.15) is 0 Å². The molecule has 1 aromatic rings. The molecule has 8 heteroatoms. The van der Waals surface area contributed by atoms with Gasteiger partial charge in [-0.25, -0.2) is 9.59 Å². The minimum atomic E-state index is -0.825. The van der Waals surface area contributed by atoms with Crippen LogP contribution >= 0.6 is 0 Å². The Morgan fingerprint density at radius 1 is 1.32 bits per heavy atom. The lowest BCUT2D eigenvalue weighted by Gasteiger charge is -2.27. The minimum Gasteiger partial charge on any atom is -0.459 e. The molecule has 0 bridgehead atoms. The maximum absolute atomic E-state index is 12.4. The molecule has 2 rings (SSSR count). The van der Waals surface area contributed by atoms with E-state index >= 15 is 0 Å². The summed E-state index contributed by atoms with van der Waals surface area (Å²) in [7, 11) is 0. The number of azide groups is 1. The third-order valence-electron chi connectivity index (χ3n) is 3.62. The van der Waals surface area contributed by atoms with E-state index in [0.29, 0.717) is 0 Å². The summed E-state index contributed by atoms with van der Waals surface area (Å²) in [4.78, 5) is 28.8. The summed E-state index contributed by atoms with van der Waals surface area (Å²) >= 11 is 0. The summed E-state index contributed by atoms with van der Waals surface area (Å²) in [5.74, 6) is -0.537. The molecular weight excluding hydrogens is 324 g/mol. The molecule has 0 saturated carbocycles. The first-order valence-corrected chi connectivity index (χ1v) is 8.04. The van der Waals surface area contributed by atoms with Crippen molar-refractivity contribution < 1.29 is 19.1 Å². The Kier molecular flexibility index (Phi) is 5.88. The first-order chi connectivity index (χ1) is 11.8. The van der Waals surface area contributed by atoms with Gasteiger partial charge in [0.25, 0.3) is 0 Å². The Labute approximate surface area is 146 Å². The highest BCUT2D eigenvalue weighted by Crippen LogP contribution is 2.24. The quantitative estimate of drug-likeness (QED) is 0.360. The largest absolute Gasteiger partial charge is 0.459 e. The summed E-state index contributed by atoms with van der Waals surface area (Å²) in [6, 6.07) is 7.96. The van der Waals surface area contributed by atoms with E-state index in [2.05, 4.69) is 10.0 Å². The first kappa shape index (κ1) is 18.6. The molecule has 8 nitrogen and oxygen atoms in total. The van der Waals surface area contributed by atoms with Gasteiger partial charge >= 0.3 is 12.1 Å². The topological polar surface area (TPSA) is 105 Å². The van der Waals surface area contributed by atoms with E-state index < -0.39 is 29.7 Å². The number of ether oxygens (including phenoxy) is 2. The number of carbonyl (C=O) groups is 2. The zero-order valence-electron chi connectivity index (χ0n) is 14.6. The van der Waals surface area contributed by atoms with E-state index in [1.54, 1.807) is 20.8 Å². The van der Waals surface area contributed by atoms with E-state index in [-0.39, 0.29) is 19.6 Å². The summed E-state index contributed by atoms with van der Waals surface area (Å²) in [6.07, 6.45) is -0.401. The van der Waals surface area contributed by atoms with Crippen LogP contribution in [0.4, 0.5) is 4.79 Å². The Balaban J connectivity index is 2.06. The van der Waals surface area contributed by atoms with Crippen LogP contribution in [0.1, 0.15) is 32.8 Å². The summed E-state index contributed by atoms with van der Waals surface area (Å²) in [6.45, 7) is 5.48. The smallest absolute Gasteiger partial charge is 0.411 e. The average Bonchev–Trinajstić information content (AvgIpc) is 2.97. The summed E-state index contributed by atoms with van der Waals surface area (Å²) < 4.78 is 10.7. The van der Waals surface area contributed by atoms with Crippen LogP contribution in [0.2, 0.25) is 0 Å². The number of likely N-dealkylation sites (tertiary alicyclic amines) is 1. The van der Waals surface area contributed by atoms with Gasteiger partial charge < -0.3 is 9.47 Å². The van der Waals surface area contributed by atoms with Gasteiger partial charge in [-0.15, -0.1) is 0 Å². The molecule has 0 unspecified atom stereocenters. The van der Waals surface area contributed by atoms with Crippen LogP contribution in [0.25, 0.3) is 10.4 Å². The molecule has 25 heavy (non-hydrogen) atoms. The Bertz CT molecular complexity index is 665. The number of amides is 1. The van der Waals surface area contributed by atoms with Crippen molar-refractivity contribution >= 4 is 12.1 Å². The molecule has 134 valence electrons. The molecule has 1 aliphatic heterocycles. The zero-order valence-corrected chi connectivity index (χ0v) is 14.6. The molecular formula is C17H22N4O4. The van der Waals surface area contributed by atoms with Gasteiger partial charge in [-0.05, 0) is 38.3 Å². The highest BCUT2D eigenvalue weighted by Gasteiger charge is 2.42. The van der Waals surface area contributed by atoms with Crippen LogP contribution in [0.15, 0.2) is 35.4 Å². The van der Waals surface area contributed by atoms with Crippen molar-refractivity contribution in [1.29, 1.82) is 0 Å². The Hall–Kier alpha value is -2.73. The van der Waals surface area contributed by atoms with Crippen molar-refractivity contribution in [2.24, 2.45) is 5.11 Å². The van der Waals surface area contributed by atoms with Gasteiger partial charge in [-0.3, -0.25) is 4.90 Å². The number of esters is 1. The van der Waals surface area contributed by atoms with E-state index in [1.165, 1.54) is 4.90 Å². The fraction of sp³-hybridized carbons (Fsp3) is 0.529. The van der Waals surface area contributed by atoms with Crippen LogP contribution in [-0.4, -0.2) is 41.2 Å². The Morgan fingerprint density at radius 2 is 2.00 bits per heavy atom. The van der Waals surface area contributed by atoms with E-state index in [0.717, 1.165) is 5.56 Å². The highest BCUT2D eigenvalue weighted by molar-refractivity contribution is 5.82. The molecule has 0 spiro atoms. The average molecular weight is 346 g/mol. The monoisotopic (exact) mass is 346 g/mol. The van der Waals surface area contributed by atoms with Crippen molar-refractivity contribution in [3.8, 4) is 0 Å². The van der Waals surface area contributed by atoms with Crippen LogP contribution in [0.5, 0.6) is 0 Å². The lowest BCUT2D eigenvalue weighted by atomic mass is 10.2. The lowest BCUT2D eigenvalue weighted by Crippen LogP contribution is -2.44. The fourth-order valence-electron chi connectivity index (χ4n) is 2.54. The molecule has 2 atom stereocenters. The van der Waals surface area contributed by atoms with Gasteiger partial charge in [-0.1, -0.05) is 35.4 Å². The second kappa shape index (κ2) is 7.90. The van der Waals surface area contributed by atoms with Crippen molar-refractivity contribution in [2.45, 2.75) is 51.5 Å². The highest BCUT2D eigenvalue weighted by atomic mass is 16.6. The molecule has 0 radical (unpaired) electrons. The number of hydrogen-bond acceptors (Lipinski definition) is 5. The molecule has 0 aromatic heterocycles. The standard InChI is InChI=1S/C17H22N4O4/c1-17(2,3)25-16(23)21-10-13(19-20-18)9-14(21)15(22)24-11-12-7-5-4-6-8-12/h4-8,13-14H,9-11H2,1-3H3/t13-,14-/m1/s1. The number of hydrogen-bond donors (Lipinski definition) is 0. The maximum atomic E-state index is 12.4. The molecule has 1 fully saturated rings. The lowest BCUT2D eigenvalue weighted by molar-refractivity contribution is -0.150. The SMILES string of the molecule is CC(C)(C)OC(=O)N1C[C@H](N=[N+]=[N-])C[C@@H]1C(=O)OCc1ccccc1. The number of carbonyl (C=O) groups excluding carboxylic acids is 2. The van der Waals surface area contributed by atoms with Crippen LogP contribution in [-0.2, 0) is 20.9 Å². The molecule has 0 aliphatic carbocycles. The Morgan fingerprint density at radius 3 is 2.60 bits per heavy atom. The molecule has 1 saturated heterocycles. The van der Waals surface area contributed by atoms with Crippen molar-refractivity contribution in [2.75, 3.05) is 6.54 Å². The zero-order chi connectivity index (χ0) is 18.4. The molecule has 1 amide bonds. The maximum Gasteiger partial charge on any atom is 0.411 e. The molecule has 1 heterocycles. The van der Waals surface area contributed by atoms with E-state index in [1.807, 2.05) is 30.3 Å². The predicted octanol–water partition coefficient (Wildman–Crippen LogP) is 3.42. The van der Waals surface area contributed by atoms with Gasteiger partial charge in [0.2, 0.25) is 0 Å². The first-order valence-electron chi connectivity index (χ1n) is 8.04. The van der Waals surface area contributed by atoms with Crippen LogP contribution in [0.3, 0.4) is 0 Å². The summed E-state index contributed by atoms with van der Waals surface area (Å²) in [5.41, 5.74) is 8.79. The summed E-state index contributed by atoms with van der Waals surface area (Å²) in [5, 5.41) is 3.63. The van der Waals surface area contributed by atoms with E-state index in [4.69, 9.17) is 15.0 Å². The number of rotatable bonds is 4. The van der Waals surface area contributed by atoms with Crippen molar-refractivity contribution in [3.63, 3.8) is 0 Å².